The molecule has 3 aromatic rings. The molecule has 1 N–H and O–H groups in total. The lowest BCUT2D eigenvalue weighted by molar-refractivity contribution is 0.0628. The summed E-state index contributed by atoms with van der Waals surface area (Å²) in [5.41, 5.74) is 4.20. The van der Waals surface area contributed by atoms with Crippen LogP contribution in [0.3, 0.4) is 0 Å². The SMILES string of the molecule is Cc1cc(C)n2nc(C(=O)N3CCNC[C@H]3c3ccccc3)cc2n1. The molecule has 0 bridgehead atoms. The summed E-state index contributed by atoms with van der Waals surface area (Å²) in [6, 6.07) is 13.9. The minimum atomic E-state index is -0.0436. The first-order chi connectivity index (χ1) is 12.1. The van der Waals surface area contributed by atoms with Crippen molar-refractivity contribution in [2.45, 2.75) is 19.9 Å². The van der Waals surface area contributed by atoms with Crippen molar-refractivity contribution in [1.82, 2.24) is 24.8 Å². The Morgan fingerprint density at radius 3 is 2.80 bits per heavy atom. The van der Waals surface area contributed by atoms with E-state index in [4.69, 9.17) is 0 Å². The van der Waals surface area contributed by atoms with Crippen molar-refractivity contribution in [3.8, 4) is 0 Å². The number of aryl methyl sites for hydroxylation is 2. The number of hydrogen-bond acceptors (Lipinski definition) is 4. The summed E-state index contributed by atoms with van der Waals surface area (Å²) in [7, 11) is 0. The van der Waals surface area contributed by atoms with E-state index in [2.05, 4.69) is 27.5 Å². The zero-order chi connectivity index (χ0) is 17.4. The molecule has 6 heteroatoms. The van der Waals surface area contributed by atoms with Crippen LogP contribution in [0.2, 0.25) is 0 Å². The second-order valence-corrected chi connectivity index (χ2v) is 6.47. The number of hydrogen-bond donors (Lipinski definition) is 1. The molecule has 2 aromatic heterocycles. The van der Waals surface area contributed by atoms with Gasteiger partial charge in [-0.1, -0.05) is 30.3 Å². The van der Waals surface area contributed by atoms with E-state index in [1.807, 2.05) is 43.0 Å². The molecule has 0 unspecified atom stereocenters. The van der Waals surface area contributed by atoms with Gasteiger partial charge in [-0.25, -0.2) is 9.50 Å². The lowest BCUT2D eigenvalue weighted by atomic mass is 10.0. The third kappa shape index (κ3) is 2.89. The van der Waals surface area contributed by atoms with Gasteiger partial charge in [0.05, 0.1) is 6.04 Å². The number of carbonyl (C=O) groups is 1. The minimum Gasteiger partial charge on any atom is -0.328 e. The highest BCUT2D eigenvalue weighted by Gasteiger charge is 2.30. The van der Waals surface area contributed by atoms with Gasteiger partial charge in [0.2, 0.25) is 0 Å². The topological polar surface area (TPSA) is 62.5 Å². The van der Waals surface area contributed by atoms with Crippen LogP contribution in [-0.4, -0.2) is 45.0 Å². The van der Waals surface area contributed by atoms with E-state index in [1.165, 1.54) is 0 Å². The van der Waals surface area contributed by atoms with Gasteiger partial charge in [0.15, 0.2) is 11.3 Å². The maximum Gasteiger partial charge on any atom is 0.275 e. The maximum absolute atomic E-state index is 13.1. The molecule has 0 aliphatic carbocycles. The van der Waals surface area contributed by atoms with Crippen LogP contribution in [0.15, 0.2) is 42.5 Å². The summed E-state index contributed by atoms with van der Waals surface area (Å²) in [6.45, 7) is 6.12. The average molecular weight is 335 g/mol. The van der Waals surface area contributed by atoms with E-state index in [0.717, 1.165) is 30.0 Å². The molecule has 0 saturated carbocycles. The Hall–Kier alpha value is -2.73. The number of fused-ring (bicyclic) bond motifs is 1. The van der Waals surface area contributed by atoms with Crippen molar-refractivity contribution in [1.29, 1.82) is 0 Å². The van der Waals surface area contributed by atoms with Crippen LogP contribution < -0.4 is 5.32 Å². The molecular formula is C19H21N5O. The van der Waals surface area contributed by atoms with E-state index in [-0.39, 0.29) is 11.9 Å². The summed E-state index contributed by atoms with van der Waals surface area (Å²) in [4.78, 5) is 19.5. The molecule has 1 saturated heterocycles. The van der Waals surface area contributed by atoms with Gasteiger partial charge >= 0.3 is 0 Å². The zero-order valence-corrected chi connectivity index (χ0v) is 14.4. The third-order valence-electron chi connectivity index (χ3n) is 4.64. The molecule has 25 heavy (non-hydrogen) atoms. The molecule has 128 valence electrons. The fourth-order valence-electron chi connectivity index (χ4n) is 3.46. The normalized spacial score (nSPS) is 17.8. The van der Waals surface area contributed by atoms with Crippen molar-refractivity contribution < 1.29 is 4.79 Å². The Kier molecular flexibility index (Phi) is 3.97. The quantitative estimate of drug-likeness (QED) is 0.779. The monoisotopic (exact) mass is 335 g/mol. The van der Waals surface area contributed by atoms with Crippen molar-refractivity contribution in [2.24, 2.45) is 0 Å². The first kappa shape index (κ1) is 15.8. The second kappa shape index (κ2) is 6.29. The smallest absolute Gasteiger partial charge is 0.275 e. The second-order valence-electron chi connectivity index (χ2n) is 6.47. The standard InChI is InChI=1S/C19H21N5O/c1-13-10-14(2)24-18(21-13)11-16(22-24)19(25)23-9-8-20-12-17(23)15-6-4-3-5-7-15/h3-7,10-11,17,20H,8-9,12H2,1-2H3/t17-/m0/s1. The Morgan fingerprint density at radius 2 is 2.00 bits per heavy atom. The highest BCUT2D eigenvalue weighted by atomic mass is 16.2. The van der Waals surface area contributed by atoms with Crippen molar-refractivity contribution in [2.75, 3.05) is 19.6 Å². The molecule has 1 fully saturated rings. The van der Waals surface area contributed by atoms with Crippen LogP contribution in [0.4, 0.5) is 0 Å². The number of amides is 1. The fraction of sp³-hybridized carbons (Fsp3) is 0.316. The molecule has 1 aromatic carbocycles. The van der Waals surface area contributed by atoms with Crippen LogP contribution in [0, 0.1) is 13.8 Å². The van der Waals surface area contributed by atoms with E-state index >= 15 is 0 Å². The highest BCUT2D eigenvalue weighted by Crippen LogP contribution is 2.24. The summed E-state index contributed by atoms with van der Waals surface area (Å²) >= 11 is 0. The predicted molar refractivity (Wildman–Crippen MR) is 95.6 cm³/mol. The van der Waals surface area contributed by atoms with Gasteiger partial charge in [-0.15, -0.1) is 0 Å². The summed E-state index contributed by atoms with van der Waals surface area (Å²) in [5, 5.41) is 7.88. The predicted octanol–water partition coefficient (Wildman–Crippen LogP) is 2.13. The van der Waals surface area contributed by atoms with Crippen LogP contribution in [0.5, 0.6) is 0 Å². The number of nitrogens with one attached hydrogen (secondary N) is 1. The van der Waals surface area contributed by atoms with Crippen LogP contribution in [-0.2, 0) is 0 Å². The first-order valence-corrected chi connectivity index (χ1v) is 8.54. The number of nitrogens with zero attached hydrogens (tertiary/aromatic N) is 4. The lowest BCUT2D eigenvalue weighted by Crippen LogP contribution is -2.48. The zero-order valence-electron chi connectivity index (χ0n) is 14.4. The largest absolute Gasteiger partial charge is 0.328 e. The maximum atomic E-state index is 13.1. The Bertz CT molecular complexity index is 918. The number of benzene rings is 1. The number of aromatic nitrogens is 3. The summed E-state index contributed by atoms with van der Waals surface area (Å²) < 4.78 is 1.74. The molecular weight excluding hydrogens is 314 g/mol. The van der Waals surface area contributed by atoms with Crippen molar-refractivity contribution in [3.05, 3.63) is 65.1 Å². The minimum absolute atomic E-state index is 0.0167. The summed E-state index contributed by atoms with van der Waals surface area (Å²) in [6.07, 6.45) is 0. The van der Waals surface area contributed by atoms with Gasteiger partial charge in [0.1, 0.15) is 0 Å². The molecule has 1 atom stereocenters. The third-order valence-corrected chi connectivity index (χ3v) is 4.64. The number of piperazine rings is 1. The molecule has 1 amide bonds. The van der Waals surface area contributed by atoms with Gasteiger partial charge in [-0.2, -0.15) is 5.10 Å². The molecule has 1 aliphatic rings. The van der Waals surface area contributed by atoms with Gasteiger partial charge in [0, 0.05) is 37.1 Å². The van der Waals surface area contributed by atoms with Gasteiger partial charge in [-0.05, 0) is 25.5 Å². The van der Waals surface area contributed by atoms with Gasteiger partial charge in [0.25, 0.3) is 5.91 Å². The molecule has 0 radical (unpaired) electrons. The Balaban J connectivity index is 1.70. The van der Waals surface area contributed by atoms with E-state index in [1.54, 1.807) is 10.6 Å². The first-order valence-electron chi connectivity index (χ1n) is 8.54. The molecule has 0 spiro atoms. The van der Waals surface area contributed by atoms with Crippen molar-refractivity contribution in [3.63, 3.8) is 0 Å². The van der Waals surface area contributed by atoms with E-state index < -0.39 is 0 Å². The number of rotatable bonds is 2. The van der Waals surface area contributed by atoms with Crippen LogP contribution in [0.1, 0.15) is 33.5 Å². The Morgan fingerprint density at radius 1 is 1.20 bits per heavy atom. The van der Waals surface area contributed by atoms with Crippen LogP contribution >= 0.6 is 0 Å². The molecule has 3 heterocycles. The van der Waals surface area contributed by atoms with Gasteiger partial charge < -0.3 is 10.2 Å². The molecule has 6 nitrogen and oxygen atoms in total. The highest BCUT2D eigenvalue weighted by molar-refractivity contribution is 5.93. The van der Waals surface area contributed by atoms with Crippen molar-refractivity contribution >= 4 is 11.6 Å². The summed E-state index contributed by atoms with van der Waals surface area (Å²) in [5.74, 6) is -0.0436. The fourth-order valence-corrected chi connectivity index (χ4v) is 3.46. The lowest BCUT2D eigenvalue weighted by Gasteiger charge is -2.36. The van der Waals surface area contributed by atoms with E-state index in [0.29, 0.717) is 17.9 Å². The van der Waals surface area contributed by atoms with Gasteiger partial charge in [-0.3, -0.25) is 4.79 Å². The average Bonchev–Trinajstić information content (AvgIpc) is 3.06. The Labute approximate surface area is 146 Å². The molecule has 4 rings (SSSR count). The number of carbonyl (C=O) groups excluding carboxylic acids is 1. The van der Waals surface area contributed by atoms with Crippen LogP contribution in [0.25, 0.3) is 5.65 Å². The molecule has 1 aliphatic heterocycles. The van der Waals surface area contributed by atoms with E-state index in [9.17, 15) is 4.79 Å².